The molecule has 4 aromatic rings. The largest absolute Gasteiger partial charge is 0.300 e. The third kappa shape index (κ3) is 4.16. The SMILES string of the molecule is O=C(CSc1nc2ccccc2s1)Nc1nnc(-c2cccc([N+](=O)[O-])c2)s1. The summed E-state index contributed by atoms with van der Waals surface area (Å²) in [6.45, 7) is 0. The smallest absolute Gasteiger partial charge is 0.270 e. The van der Waals surface area contributed by atoms with Gasteiger partial charge in [0.25, 0.3) is 5.69 Å². The number of carbonyl (C=O) groups is 1. The summed E-state index contributed by atoms with van der Waals surface area (Å²) in [5.74, 6) is -0.0167. The summed E-state index contributed by atoms with van der Waals surface area (Å²) in [7, 11) is 0. The molecule has 0 atom stereocenters. The molecule has 1 amide bonds. The minimum atomic E-state index is -0.466. The van der Waals surface area contributed by atoms with Crippen molar-refractivity contribution in [2.24, 2.45) is 0 Å². The summed E-state index contributed by atoms with van der Waals surface area (Å²) < 4.78 is 1.90. The van der Waals surface area contributed by atoms with Gasteiger partial charge >= 0.3 is 0 Å². The van der Waals surface area contributed by atoms with E-state index in [1.165, 1.54) is 23.9 Å². The lowest BCUT2D eigenvalue weighted by Gasteiger charge is -1.98. The van der Waals surface area contributed by atoms with Gasteiger partial charge in [-0.25, -0.2) is 4.98 Å². The molecule has 0 saturated carbocycles. The van der Waals surface area contributed by atoms with E-state index in [-0.39, 0.29) is 17.3 Å². The molecule has 1 N–H and O–H groups in total. The Bertz CT molecular complexity index is 1140. The van der Waals surface area contributed by atoms with Crippen molar-refractivity contribution in [3.8, 4) is 10.6 Å². The second kappa shape index (κ2) is 8.00. The van der Waals surface area contributed by atoms with E-state index in [9.17, 15) is 14.9 Å². The average Bonchev–Trinajstić information content (AvgIpc) is 3.33. The number of thioether (sulfide) groups is 1. The molecular weight excluding hydrogens is 418 g/mol. The van der Waals surface area contributed by atoms with Crippen molar-refractivity contribution in [3.63, 3.8) is 0 Å². The number of thiazole rings is 1. The van der Waals surface area contributed by atoms with Gasteiger partial charge < -0.3 is 0 Å². The number of carbonyl (C=O) groups excluding carboxylic acids is 1. The number of benzene rings is 2. The summed E-state index contributed by atoms with van der Waals surface area (Å²) in [5.41, 5.74) is 1.47. The Hall–Kier alpha value is -2.89. The number of nitro groups is 1. The van der Waals surface area contributed by atoms with Crippen molar-refractivity contribution in [2.45, 2.75) is 4.34 Å². The lowest BCUT2D eigenvalue weighted by Crippen LogP contribution is -2.13. The van der Waals surface area contributed by atoms with Gasteiger partial charge in [0.05, 0.1) is 20.9 Å². The number of para-hydroxylation sites is 1. The first kappa shape index (κ1) is 18.5. The van der Waals surface area contributed by atoms with Crippen LogP contribution in [0.4, 0.5) is 10.8 Å². The molecule has 0 saturated heterocycles. The van der Waals surface area contributed by atoms with Crippen LogP contribution in [-0.4, -0.2) is 31.8 Å². The van der Waals surface area contributed by atoms with Crippen LogP contribution in [0.15, 0.2) is 52.9 Å². The predicted octanol–water partition coefficient (Wildman–Crippen LogP) is 4.45. The standard InChI is InChI=1S/C17H11N5O3S3/c23-14(9-26-17-18-12-6-1-2-7-13(12)27-17)19-16-21-20-15(28-16)10-4-3-5-11(8-10)22(24)25/h1-8H,9H2,(H,19,21,23). The molecule has 2 aromatic carbocycles. The maximum Gasteiger partial charge on any atom is 0.270 e. The topological polar surface area (TPSA) is 111 Å². The molecule has 8 nitrogen and oxygen atoms in total. The number of nitrogens with zero attached hydrogens (tertiary/aromatic N) is 4. The monoisotopic (exact) mass is 429 g/mol. The first-order chi connectivity index (χ1) is 13.6. The minimum absolute atomic E-state index is 0.0227. The van der Waals surface area contributed by atoms with Gasteiger partial charge in [0.2, 0.25) is 11.0 Å². The van der Waals surface area contributed by atoms with Gasteiger partial charge in [0, 0.05) is 17.7 Å². The Labute approximate surface area is 170 Å². The van der Waals surface area contributed by atoms with Crippen molar-refractivity contribution in [1.29, 1.82) is 0 Å². The maximum absolute atomic E-state index is 12.2. The minimum Gasteiger partial charge on any atom is -0.300 e. The fourth-order valence-electron chi connectivity index (χ4n) is 2.34. The van der Waals surface area contributed by atoms with Crippen molar-refractivity contribution >= 4 is 61.4 Å². The van der Waals surface area contributed by atoms with Crippen molar-refractivity contribution < 1.29 is 9.72 Å². The molecule has 0 bridgehead atoms. The number of amides is 1. The average molecular weight is 430 g/mol. The lowest BCUT2D eigenvalue weighted by atomic mass is 10.2. The van der Waals surface area contributed by atoms with Crippen molar-refractivity contribution in [1.82, 2.24) is 15.2 Å². The van der Waals surface area contributed by atoms with Crippen LogP contribution in [0, 0.1) is 10.1 Å². The van der Waals surface area contributed by atoms with Crippen LogP contribution in [0.3, 0.4) is 0 Å². The summed E-state index contributed by atoms with van der Waals surface area (Å²) in [6.07, 6.45) is 0. The number of rotatable bonds is 6. The van der Waals surface area contributed by atoms with Crippen LogP contribution in [0.5, 0.6) is 0 Å². The Kier molecular flexibility index (Phi) is 5.28. The fraction of sp³-hybridized carbons (Fsp3) is 0.0588. The number of nitrogens with one attached hydrogen (secondary N) is 1. The second-order valence-electron chi connectivity index (χ2n) is 5.50. The normalized spacial score (nSPS) is 10.9. The van der Waals surface area contributed by atoms with Crippen LogP contribution in [-0.2, 0) is 4.79 Å². The molecule has 140 valence electrons. The summed E-state index contributed by atoms with van der Waals surface area (Å²) in [4.78, 5) is 27.1. The zero-order valence-corrected chi connectivity index (χ0v) is 16.5. The molecule has 11 heteroatoms. The number of hydrogen-bond donors (Lipinski definition) is 1. The molecule has 0 spiro atoms. The highest BCUT2D eigenvalue weighted by molar-refractivity contribution is 8.01. The van der Waals surface area contributed by atoms with Gasteiger partial charge in [-0.05, 0) is 12.1 Å². The van der Waals surface area contributed by atoms with E-state index in [0.717, 1.165) is 25.9 Å². The van der Waals surface area contributed by atoms with Crippen LogP contribution in [0.2, 0.25) is 0 Å². The van der Waals surface area contributed by atoms with Crippen LogP contribution >= 0.6 is 34.4 Å². The van der Waals surface area contributed by atoms with E-state index in [2.05, 4.69) is 20.5 Å². The highest BCUT2D eigenvalue weighted by Crippen LogP contribution is 2.31. The Morgan fingerprint density at radius 3 is 2.82 bits per heavy atom. The van der Waals surface area contributed by atoms with Crippen LogP contribution in [0.25, 0.3) is 20.8 Å². The van der Waals surface area contributed by atoms with Crippen molar-refractivity contribution in [2.75, 3.05) is 11.1 Å². The summed E-state index contributed by atoms with van der Waals surface area (Å²) in [5, 5.41) is 22.4. The third-order valence-corrected chi connectivity index (χ3v) is 6.64. The van der Waals surface area contributed by atoms with E-state index >= 15 is 0 Å². The van der Waals surface area contributed by atoms with E-state index < -0.39 is 4.92 Å². The molecule has 28 heavy (non-hydrogen) atoms. The first-order valence-electron chi connectivity index (χ1n) is 7.95. The molecule has 0 radical (unpaired) electrons. The number of non-ortho nitro benzene ring substituents is 1. The number of nitro benzene ring substituents is 1. The molecule has 0 aliphatic rings. The molecule has 4 rings (SSSR count). The maximum atomic E-state index is 12.2. The van der Waals surface area contributed by atoms with Gasteiger partial charge in [-0.1, -0.05) is 47.4 Å². The van der Waals surface area contributed by atoms with Gasteiger partial charge in [-0.2, -0.15) is 0 Å². The van der Waals surface area contributed by atoms with E-state index in [1.54, 1.807) is 23.5 Å². The fourth-order valence-corrected chi connectivity index (χ4v) is 4.96. The molecule has 0 unspecified atom stereocenters. The molecule has 0 fully saturated rings. The first-order valence-corrected chi connectivity index (χ1v) is 10.6. The number of hydrogen-bond acceptors (Lipinski definition) is 9. The molecule has 2 aromatic heterocycles. The highest BCUT2D eigenvalue weighted by Gasteiger charge is 2.13. The Morgan fingerprint density at radius 2 is 2.00 bits per heavy atom. The number of aromatic nitrogens is 3. The Morgan fingerprint density at radius 1 is 1.14 bits per heavy atom. The van der Waals surface area contributed by atoms with Crippen LogP contribution in [0.1, 0.15) is 0 Å². The van der Waals surface area contributed by atoms with E-state index in [0.29, 0.717) is 15.7 Å². The second-order valence-corrected chi connectivity index (χ2v) is 8.73. The summed E-state index contributed by atoms with van der Waals surface area (Å²) in [6, 6.07) is 13.9. The highest BCUT2D eigenvalue weighted by atomic mass is 32.2. The number of anilines is 1. The van der Waals surface area contributed by atoms with E-state index in [4.69, 9.17) is 0 Å². The van der Waals surface area contributed by atoms with Gasteiger partial charge in [0.15, 0.2) is 4.34 Å². The van der Waals surface area contributed by atoms with Crippen molar-refractivity contribution in [3.05, 3.63) is 58.6 Å². The molecular formula is C17H11N5O3S3. The predicted molar refractivity (Wildman–Crippen MR) is 111 cm³/mol. The lowest BCUT2D eigenvalue weighted by molar-refractivity contribution is -0.384. The zero-order chi connectivity index (χ0) is 19.5. The Balaban J connectivity index is 1.38. The van der Waals surface area contributed by atoms with Gasteiger partial charge in [-0.3, -0.25) is 20.2 Å². The molecule has 2 heterocycles. The zero-order valence-electron chi connectivity index (χ0n) is 14.1. The van der Waals surface area contributed by atoms with E-state index in [1.807, 2.05) is 24.3 Å². The summed E-state index contributed by atoms with van der Waals surface area (Å²) >= 11 is 4.06. The third-order valence-electron chi connectivity index (χ3n) is 3.58. The van der Waals surface area contributed by atoms with Crippen LogP contribution < -0.4 is 5.32 Å². The van der Waals surface area contributed by atoms with Gasteiger partial charge in [-0.15, -0.1) is 21.5 Å². The van der Waals surface area contributed by atoms with Gasteiger partial charge in [0.1, 0.15) is 5.01 Å². The molecule has 0 aliphatic carbocycles. The molecule has 0 aliphatic heterocycles. The quantitative estimate of drug-likeness (QED) is 0.274. The number of fused-ring (bicyclic) bond motifs is 1.